The van der Waals surface area contributed by atoms with Crippen LogP contribution in [-0.4, -0.2) is 44.6 Å². The van der Waals surface area contributed by atoms with E-state index in [0.717, 1.165) is 10.6 Å². The van der Waals surface area contributed by atoms with Crippen LogP contribution in [0.2, 0.25) is 0 Å². The third-order valence-corrected chi connectivity index (χ3v) is 5.12. The van der Waals surface area contributed by atoms with Gasteiger partial charge in [0, 0.05) is 23.9 Å². The van der Waals surface area contributed by atoms with Gasteiger partial charge in [-0.2, -0.15) is 4.31 Å². The second kappa shape index (κ2) is 7.93. The Morgan fingerprint density at radius 1 is 1.15 bits per heavy atom. The Morgan fingerprint density at radius 3 is 2.56 bits per heavy atom. The zero-order chi connectivity index (χ0) is 19.4. The van der Waals surface area contributed by atoms with Crippen LogP contribution < -0.4 is 14.8 Å². The topological polar surface area (TPSA) is 84.9 Å². The molecular formula is C18H19FN2O5S. The second-order valence-electron chi connectivity index (χ2n) is 6.03. The highest BCUT2D eigenvalue weighted by molar-refractivity contribution is 7.88. The lowest BCUT2D eigenvalue weighted by Gasteiger charge is -2.21. The van der Waals surface area contributed by atoms with E-state index in [1.54, 1.807) is 24.3 Å². The van der Waals surface area contributed by atoms with E-state index < -0.39 is 28.3 Å². The van der Waals surface area contributed by atoms with Gasteiger partial charge in [0.05, 0.1) is 12.8 Å². The van der Waals surface area contributed by atoms with Gasteiger partial charge in [-0.3, -0.25) is 4.79 Å². The first kappa shape index (κ1) is 19.1. The number of ether oxygens (including phenoxy) is 2. The van der Waals surface area contributed by atoms with Crippen LogP contribution in [0.1, 0.15) is 5.56 Å². The van der Waals surface area contributed by atoms with Gasteiger partial charge in [0.1, 0.15) is 19.0 Å². The molecule has 0 radical (unpaired) electrons. The first-order valence-electron chi connectivity index (χ1n) is 8.21. The smallest absolute Gasteiger partial charge is 0.239 e. The van der Waals surface area contributed by atoms with Crippen molar-refractivity contribution in [2.24, 2.45) is 0 Å². The predicted molar refractivity (Wildman–Crippen MR) is 97.7 cm³/mol. The maximum atomic E-state index is 13.8. The molecule has 1 heterocycles. The van der Waals surface area contributed by atoms with Crippen LogP contribution in [0.5, 0.6) is 11.5 Å². The zero-order valence-corrected chi connectivity index (χ0v) is 15.5. The summed E-state index contributed by atoms with van der Waals surface area (Å²) in [5.41, 5.74) is 0.638. The van der Waals surface area contributed by atoms with Gasteiger partial charge in [0.15, 0.2) is 11.5 Å². The van der Waals surface area contributed by atoms with E-state index >= 15 is 0 Å². The number of carbonyl (C=O) groups excluding carboxylic acids is 1. The number of sulfonamides is 1. The number of hydrogen-bond donors (Lipinski definition) is 1. The lowest BCUT2D eigenvalue weighted by atomic mass is 10.2. The molecule has 7 nitrogen and oxygen atoms in total. The van der Waals surface area contributed by atoms with Crippen molar-refractivity contribution < 1.29 is 27.1 Å². The molecule has 1 amide bonds. The SMILES string of the molecule is CS(=O)(=O)N(CC(=O)Nc1ccc2c(c1)OCCO2)Cc1ccccc1F. The van der Waals surface area contributed by atoms with E-state index in [0.29, 0.717) is 30.4 Å². The number of carbonyl (C=O) groups is 1. The van der Waals surface area contributed by atoms with Crippen molar-refractivity contribution in [1.82, 2.24) is 4.31 Å². The molecule has 0 saturated carbocycles. The minimum Gasteiger partial charge on any atom is -0.486 e. The Bertz CT molecular complexity index is 949. The van der Waals surface area contributed by atoms with Crippen LogP contribution in [0.3, 0.4) is 0 Å². The summed E-state index contributed by atoms with van der Waals surface area (Å²) in [7, 11) is -3.72. The van der Waals surface area contributed by atoms with Crippen molar-refractivity contribution in [3.63, 3.8) is 0 Å². The number of nitrogens with zero attached hydrogens (tertiary/aromatic N) is 1. The Hall–Kier alpha value is -2.65. The summed E-state index contributed by atoms with van der Waals surface area (Å²) in [6.07, 6.45) is 0.977. The van der Waals surface area contributed by atoms with E-state index in [-0.39, 0.29) is 12.1 Å². The summed E-state index contributed by atoms with van der Waals surface area (Å²) in [5, 5.41) is 2.62. The van der Waals surface area contributed by atoms with Gasteiger partial charge < -0.3 is 14.8 Å². The largest absolute Gasteiger partial charge is 0.486 e. The highest BCUT2D eigenvalue weighted by atomic mass is 32.2. The summed E-state index contributed by atoms with van der Waals surface area (Å²) in [6.45, 7) is 0.189. The molecule has 2 aromatic rings. The fourth-order valence-electron chi connectivity index (χ4n) is 2.59. The number of rotatable bonds is 6. The monoisotopic (exact) mass is 394 g/mol. The van der Waals surface area contributed by atoms with Crippen molar-refractivity contribution in [3.05, 3.63) is 53.8 Å². The third-order valence-electron chi connectivity index (χ3n) is 3.92. The first-order chi connectivity index (χ1) is 12.8. The number of anilines is 1. The van der Waals surface area contributed by atoms with Crippen molar-refractivity contribution in [2.45, 2.75) is 6.54 Å². The molecule has 0 unspecified atom stereocenters. The molecule has 0 aromatic heterocycles. The van der Waals surface area contributed by atoms with E-state index in [9.17, 15) is 17.6 Å². The molecule has 27 heavy (non-hydrogen) atoms. The molecule has 0 atom stereocenters. The van der Waals surface area contributed by atoms with E-state index in [4.69, 9.17) is 9.47 Å². The molecule has 1 aliphatic rings. The van der Waals surface area contributed by atoms with Gasteiger partial charge >= 0.3 is 0 Å². The molecule has 0 aliphatic carbocycles. The maximum absolute atomic E-state index is 13.8. The zero-order valence-electron chi connectivity index (χ0n) is 14.6. The van der Waals surface area contributed by atoms with Gasteiger partial charge in [-0.15, -0.1) is 0 Å². The summed E-state index contributed by atoms with van der Waals surface area (Å²) in [6, 6.07) is 10.7. The summed E-state index contributed by atoms with van der Waals surface area (Å²) in [4.78, 5) is 12.3. The Kier molecular flexibility index (Phi) is 5.62. The number of nitrogens with one attached hydrogen (secondary N) is 1. The number of halogens is 1. The quantitative estimate of drug-likeness (QED) is 0.810. The van der Waals surface area contributed by atoms with Crippen LogP contribution >= 0.6 is 0 Å². The minimum absolute atomic E-state index is 0.190. The predicted octanol–water partition coefficient (Wildman–Crippen LogP) is 2.00. The van der Waals surface area contributed by atoms with E-state index in [1.807, 2.05) is 0 Å². The normalized spacial score (nSPS) is 13.4. The number of fused-ring (bicyclic) bond motifs is 1. The van der Waals surface area contributed by atoms with Crippen molar-refractivity contribution in [2.75, 3.05) is 31.3 Å². The molecule has 2 aromatic carbocycles. The van der Waals surface area contributed by atoms with Crippen LogP contribution in [0.15, 0.2) is 42.5 Å². The van der Waals surface area contributed by atoms with Gasteiger partial charge in [-0.05, 0) is 18.2 Å². The molecule has 144 valence electrons. The Balaban J connectivity index is 1.70. The van der Waals surface area contributed by atoms with Gasteiger partial charge in [0.2, 0.25) is 15.9 Å². The molecule has 0 spiro atoms. The van der Waals surface area contributed by atoms with E-state index in [2.05, 4.69) is 5.32 Å². The standard InChI is InChI=1S/C18H19FN2O5S/c1-27(23,24)21(11-13-4-2-3-5-15(13)19)12-18(22)20-14-6-7-16-17(10-14)26-9-8-25-16/h2-7,10H,8-9,11-12H2,1H3,(H,20,22). The average Bonchev–Trinajstić information content (AvgIpc) is 2.62. The van der Waals surface area contributed by atoms with Crippen molar-refractivity contribution in [1.29, 1.82) is 0 Å². The van der Waals surface area contributed by atoms with Crippen LogP contribution in [0.25, 0.3) is 0 Å². The van der Waals surface area contributed by atoms with E-state index in [1.165, 1.54) is 18.2 Å². The first-order valence-corrected chi connectivity index (χ1v) is 10.1. The fourth-order valence-corrected chi connectivity index (χ4v) is 3.31. The van der Waals surface area contributed by atoms with Gasteiger partial charge in [0.25, 0.3) is 0 Å². The molecular weight excluding hydrogens is 375 g/mol. The highest BCUT2D eigenvalue weighted by Gasteiger charge is 2.22. The summed E-state index contributed by atoms with van der Waals surface area (Å²) in [5.74, 6) is 0.00813. The van der Waals surface area contributed by atoms with Gasteiger partial charge in [-0.25, -0.2) is 12.8 Å². The highest BCUT2D eigenvalue weighted by Crippen LogP contribution is 2.32. The number of amides is 1. The fraction of sp³-hybridized carbons (Fsp3) is 0.278. The number of hydrogen-bond acceptors (Lipinski definition) is 5. The third kappa shape index (κ3) is 4.95. The van der Waals surface area contributed by atoms with Crippen LogP contribution in [0, 0.1) is 5.82 Å². The Labute approximate surface area is 156 Å². The maximum Gasteiger partial charge on any atom is 0.239 e. The molecule has 3 rings (SSSR count). The lowest BCUT2D eigenvalue weighted by Crippen LogP contribution is -2.37. The van der Waals surface area contributed by atoms with Crippen LogP contribution in [0.4, 0.5) is 10.1 Å². The second-order valence-corrected chi connectivity index (χ2v) is 8.01. The minimum atomic E-state index is -3.72. The van der Waals surface area contributed by atoms with Crippen LogP contribution in [-0.2, 0) is 21.4 Å². The van der Waals surface area contributed by atoms with Crippen molar-refractivity contribution >= 4 is 21.6 Å². The average molecular weight is 394 g/mol. The lowest BCUT2D eigenvalue weighted by molar-refractivity contribution is -0.116. The Morgan fingerprint density at radius 2 is 1.85 bits per heavy atom. The number of benzene rings is 2. The summed E-state index contributed by atoms with van der Waals surface area (Å²) >= 11 is 0. The molecule has 0 saturated heterocycles. The molecule has 0 bridgehead atoms. The van der Waals surface area contributed by atoms with Crippen molar-refractivity contribution in [3.8, 4) is 11.5 Å². The molecule has 9 heteroatoms. The summed E-state index contributed by atoms with van der Waals surface area (Å²) < 4.78 is 49.6. The molecule has 1 N–H and O–H groups in total. The van der Waals surface area contributed by atoms with Gasteiger partial charge in [-0.1, -0.05) is 18.2 Å². The molecule has 0 fully saturated rings. The molecule has 1 aliphatic heterocycles.